The van der Waals surface area contributed by atoms with Crippen molar-refractivity contribution in [2.45, 2.75) is 27.2 Å². The lowest BCUT2D eigenvalue weighted by Gasteiger charge is -2.03. The number of nitrogens with zero attached hydrogens (tertiary/aromatic N) is 4. The maximum Gasteiger partial charge on any atom is 0.252 e. The van der Waals surface area contributed by atoms with Crippen molar-refractivity contribution in [1.29, 1.82) is 0 Å². The monoisotopic (exact) mass is 334 g/mol. The summed E-state index contributed by atoms with van der Waals surface area (Å²) >= 11 is 0. The van der Waals surface area contributed by atoms with Crippen LogP contribution in [-0.4, -0.2) is 30.5 Å². The van der Waals surface area contributed by atoms with Gasteiger partial charge in [0, 0.05) is 33.7 Å². The molecule has 1 aromatic carbocycles. The quantitative estimate of drug-likeness (QED) is 0.603. The maximum absolute atomic E-state index is 12.3. The zero-order valence-corrected chi connectivity index (χ0v) is 14.3. The van der Waals surface area contributed by atoms with Gasteiger partial charge in [-0.15, -0.1) is 5.10 Å². The second-order valence-electron chi connectivity index (χ2n) is 6.26. The molecule has 7 heteroatoms. The standard InChI is InChI=1S/C18H18N6O/c1-10-6-12(3)24-18(20-10)22-16(23-24)9-17(25)21-14-4-5-15-13(8-14)7-11(2)19-15/h4-8,19H,9H2,1-3H3,(H,21,25). The Kier molecular flexibility index (Phi) is 3.49. The summed E-state index contributed by atoms with van der Waals surface area (Å²) in [5, 5.41) is 8.33. The van der Waals surface area contributed by atoms with E-state index in [1.54, 1.807) is 4.52 Å². The molecule has 126 valence electrons. The summed E-state index contributed by atoms with van der Waals surface area (Å²) in [5.74, 6) is 0.818. The van der Waals surface area contributed by atoms with Gasteiger partial charge in [0.05, 0.1) is 6.42 Å². The van der Waals surface area contributed by atoms with Gasteiger partial charge in [-0.25, -0.2) is 9.50 Å². The number of rotatable bonds is 3. The van der Waals surface area contributed by atoms with Crippen LogP contribution in [0.2, 0.25) is 0 Å². The van der Waals surface area contributed by atoms with Gasteiger partial charge in [0.15, 0.2) is 5.82 Å². The van der Waals surface area contributed by atoms with Gasteiger partial charge in [0.1, 0.15) is 0 Å². The number of nitrogens with one attached hydrogen (secondary N) is 2. The Morgan fingerprint density at radius 1 is 1.16 bits per heavy atom. The fraction of sp³-hybridized carbons (Fsp3) is 0.222. The molecule has 0 bridgehead atoms. The van der Waals surface area contributed by atoms with Crippen LogP contribution in [0.15, 0.2) is 30.3 Å². The molecule has 3 aromatic heterocycles. The van der Waals surface area contributed by atoms with Gasteiger partial charge in [-0.3, -0.25) is 4.79 Å². The third kappa shape index (κ3) is 2.96. The predicted octanol–water partition coefficient (Wildman–Crippen LogP) is 2.71. The topological polar surface area (TPSA) is 88.0 Å². The molecule has 0 aliphatic rings. The van der Waals surface area contributed by atoms with E-state index in [1.807, 2.05) is 51.1 Å². The molecule has 7 nitrogen and oxygen atoms in total. The molecule has 4 rings (SSSR count). The number of aryl methyl sites for hydroxylation is 3. The summed E-state index contributed by atoms with van der Waals surface area (Å²) in [6.45, 7) is 5.85. The Balaban J connectivity index is 1.53. The summed E-state index contributed by atoms with van der Waals surface area (Å²) in [7, 11) is 0. The normalized spacial score (nSPS) is 11.3. The van der Waals surface area contributed by atoms with Crippen molar-refractivity contribution < 1.29 is 4.79 Å². The van der Waals surface area contributed by atoms with E-state index >= 15 is 0 Å². The third-order valence-corrected chi connectivity index (χ3v) is 4.02. The van der Waals surface area contributed by atoms with Gasteiger partial charge >= 0.3 is 0 Å². The third-order valence-electron chi connectivity index (χ3n) is 4.02. The molecular weight excluding hydrogens is 316 g/mol. The van der Waals surface area contributed by atoms with Gasteiger partial charge in [0.25, 0.3) is 5.78 Å². The zero-order chi connectivity index (χ0) is 17.6. The van der Waals surface area contributed by atoms with Gasteiger partial charge in [-0.05, 0) is 51.1 Å². The molecule has 1 amide bonds. The van der Waals surface area contributed by atoms with Crippen LogP contribution in [0.1, 0.15) is 22.9 Å². The number of aromatic nitrogens is 5. The van der Waals surface area contributed by atoms with Crippen LogP contribution in [0, 0.1) is 20.8 Å². The second-order valence-corrected chi connectivity index (χ2v) is 6.26. The van der Waals surface area contributed by atoms with E-state index in [2.05, 4.69) is 25.4 Å². The van der Waals surface area contributed by atoms with Crippen LogP contribution in [0.3, 0.4) is 0 Å². The largest absolute Gasteiger partial charge is 0.359 e. The average molecular weight is 334 g/mol. The summed E-state index contributed by atoms with van der Waals surface area (Å²) in [6.07, 6.45) is 0.103. The molecule has 2 N–H and O–H groups in total. The number of benzene rings is 1. The maximum atomic E-state index is 12.3. The number of carbonyl (C=O) groups excluding carboxylic acids is 1. The number of amides is 1. The molecule has 0 radical (unpaired) electrons. The van der Waals surface area contributed by atoms with Crippen molar-refractivity contribution >= 4 is 28.3 Å². The van der Waals surface area contributed by atoms with E-state index in [-0.39, 0.29) is 12.3 Å². The molecule has 25 heavy (non-hydrogen) atoms. The highest BCUT2D eigenvalue weighted by molar-refractivity contribution is 5.94. The van der Waals surface area contributed by atoms with Crippen molar-refractivity contribution in [2.75, 3.05) is 5.32 Å². The first-order chi connectivity index (χ1) is 12.0. The minimum atomic E-state index is -0.156. The minimum absolute atomic E-state index is 0.103. The summed E-state index contributed by atoms with van der Waals surface area (Å²) < 4.78 is 1.66. The summed E-state index contributed by atoms with van der Waals surface area (Å²) in [6, 6.07) is 9.76. The Labute approximate surface area is 144 Å². The number of anilines is 1. The van der Waals surface area contributed by atoms with Crippen LogP contribution < -0.4 is 5.32 Å². The van der Waals surface area contributed by atoms with E-state index < -0.39 is 0 Å². The number of H-pyrrole nitrogens is 1. The lowest BCUT2D eigenvalue weighted by Crippen LogP contribution is -2.15. The highest BCUT2D eigenvalue weighted by Crippen LogP contribution is 2.20. The molecular formula is C18H18N6O. The van der Waals surface area contributed by atoms with Crippen LogP contribution in [0.5, 0.6) is 0 Å². The Morgan fingerprint density at radius 2 is 2.00 bits per heavy atom. The van der Waals surface area contributed by atoms with Gasteiger partial charge in [0.2, 0.25) is 5.91 Å². The number of hydrogen-bond acceptors (Lipinski definition) is 4. The molecule has 0 saturated heterocycles. The van der Waals surface area contributed by atoms with Crippen LogP contribution >= 0.6 is 0 Å². The van der Waals surface area contributed by atoms with Crippen LogP contribution in [0.4, 0.5) is 5.69 Å². The van der Waals surface area contributed by atoms with Crippen molar-refractivity contribution in [1.82, 2.24) is 24.6 Å². The fourth-order valence-electron chi connectivity index (χ4n) is 2.99. The minimum Gasteiger partial charge on any atom is -0.359 e. The SMILES string of the molecule is Cc1cc(C)n2nc(CC(=O)Nc3ccc4[nH]c(C)cc4c3)nc2n1. The molecule has 0 atom stereocenters. The van der Waals surface area contributed by atoms with Crippen molar-refractivity contribution in [3.8, 4) is 0 Å². The second kappa shape index (κ2) is 5.70. The first-order valence-corrected chi connectivity index (χ1v) is 8.07. The summed E-state index contributed by atoms with van der Waals surface area (Å²) in [4.78, 5) is 24.3. The molecule has 4 aromatic rings. The van der Waals surface area contributed by atoms with Gasteiger partial charge in [-0.1, -0.05) is 0 Å². The smallest absolute Gasteiger partial charge is 0.252 e. The Hall–Kier alpha value is -3.22. The van der Waals surface area contributed by atoms with E-state index in [1.165, 1.54) is 0 Å². The Morgan fingerprint density at radius 3 is 2.84 bits per heavy atom. The van der Waals surface area contributed by atoms with E-state index in [4.69, 9.17) is 0 Å². The molecule has 0 saturated carbocycles. The van der Waals surface area contributed by atoms with Crippen LogP contribution in [-0.2, 0) is 11.2 Å². The summed E-state index contributed by atoms with van der Waals surface area (Å²) in [5.41, 5.74) is 4.71. The van der Waals surface area contributed by atoms with Crippen LogP contribution in [0.25, 0.3) is 16.7 Å². The lowest BCUT2D eigenvalue weighted by molar-refractivity contribution is -0.115. The van der Waals surface area contributed by atoms with Crippen molar-refractivity contribution in [3.63, 3.8) is 0 Å². The first kappa shape index (κ1) is 15.3. The average Bonchev–Trinajstić information content (AvgIpc) is 3.08. The van der Waals surface area contributed by atoms with E-state index in [0.29, 0.717) is 11.6 Å². The molecule has 0 fully saturated rings. The number of carbonyl (C=O) groups is 1. The number of fused-ring (bicyclic) bond motifs is 2. The van der Waals surface area contributed by atoms with Crippen molar-refractivity contribution in [2.24, 2.45) is 0 Å². The molecule has 0 aliphatic carbocycles. The van der Waals surface area contributed by atoms with Gasteiger partial charge < -0.3 is 10.3 Å². The molecule has 0 spiro atoms. The zero-order valence-electron chi connectivity index (χ0n) is 14.3. The first-order valence-electron chi connectivity index (χ1n) is 8.07. The van der Waals surface area contributed by atoms with E-state index in [9.17, 15) is 4.79 Å². The lowest BCUT2D eigenvalue weighted by atomic mass is 10.2. The number of aromatic amines is 1. The fourth-order valence-corrected chi connectivity index (χ4v) is 2.99. The van der Waals surface area contributed by atoms with Gasteiger partial charge in [-0.2, -0.15) is 4.98 Å². The molecule has 0 unspecified atom stereocenters. The highest BCUT2D eigenvalue weighted by Gasteiger charge is 2.12. The highest BCUT2D eigenvalue weighted by atomic mass is 16.1. The molecule has 0 aliphatic heterocycles. The predicted molar refractivity (Wildman–Crippen MR) is 95.6 cm³/mol. The van der Waals surface area contributed by atoms with Crippen molar-refractivity contribution in [3.05, 3.63) is 53.2 Å². The van der Waals surface area contributed by atoms with E-state index in [0.717, 1.165) is 33.7 Å². The Bertz CT molecular complexity index is 1110. The number of hydrogen-bond donors (Lipinski definition) is 2. The molecule has 3 heterocycles.